The van der Waals surface area contributed by atoms with E-state index in [0.29, 0.717) is 43.3 Å². The van der Waals surface area contributed by atoms with Crippen LogP contribution in [-0.2, 0) is 14.8 Å². The normalized spacial score (nSPS) is 14.7. The predicted octanol–water partition coefficient (Wildman–Crippen LogP) is 1.99. The molecule has 1 fully saturated rings. The van der Waals surface area contributed by atoms with Crippen LogP contribution in [-0.4, -0.2) is 59.7 Å². The third-order valence-corrected chi connectivity index (χ3v) is 6.27. The van der Waals surface area contributed by atoms with Crippen LogP contribution in [0.15, 0.2) is 53.4 Å². The summed E-state index contributed by atoms with van der Waals surface area (Å²) >= 11 is 0. The molecule has 1 aliphatic heterocycles. The molecular weight excluding hydrogens is 368 g/mol. The number of sulfonamides is 1. The average molecular weight is 390 g/mol. The van der Waals surface area contributed by atoms with Crippen LogP contribution in [0.3, 0.4) is 0 Å². The molecule has 0 spiro atoms. The van der Waals surface area contributed by atoms with Gasteiger partial charge in [0.15, 0.2) is 0 Å². The molecule has 8 heteroatoms. The van der Waals surface area contributed by atoms with Crippen molar-refractivity contribution in [1.29, 1.82) is 0 Å². The van der Waals surface area contributed by atoms with Gasteiger partial charge in [0.25, 0.3) is 15.9 Å². The zero-order chi connectivity index (χ0) is 19.4. The van der Waals surface area contributed by atoms with E-state index in [1.54, 1.807) is 41.3 Å². The Hall–Kier alpha value is -2.58. The molecule has 2 aromatic rings. The van der Waals surface area contributed by atoms with Crippen LogP contribution >= 0.6 is 0 Å². The van der Waals surface area contributed by atoms with Crippen molar-refractivity contribution in [3.8, 4) is 5.75 Å². The fourth-order valence-electron chi connectivity index (χ4n) is 2.83. The number of methoxy groups -OCH3 is 1. The number of anilines is 1. The number of rotatable bonds is 5. The second-order valence-electron chi connectivity index (χ2n) is 6.10. The van der Waals surface area contributed by atoms with Gasteiger partial charge < -0.3 is 14.4 Å². The van der Waals surface area contributed by atoms with E-state index in [-0.39, 0.29) is 10.8 Å². The minimum Gasteiger partial charge on any atom is -0.497 e. The molecule has 1 aliphatic rings. The molecule has 0 N–H and O–H groups in total. The Morgan fingerprint density at radius 1 is 1.11 bits per heavy atom. The number of nitrogens with zero attached hydrogens (tertiary/aromatic N) is 2. The second-order valence-corrected chi connectivity index (χ2v) is 8.07. The van der Waals surface area contributed by atoms with Gasteiger partial charge in [-0.2, -0.15) is 0 Å². The number of benzene rings is 2. The molecule has 0 unspecified atom stereocenters. The van der Waals surface area contributed by atoms with Crippen molar-refractivity contribution >= 4 is 21.6 Å². The van der Waals surface area contributed by atoms with Crippen LogP contribution in [0.4, 0.5) is 5.69 Å². The molecule has 3 rings (SSSR count). The minimum absolute atomic E-state index is 0.129. The molecule has 27 heavy (non-hydrogen) atoms. The largest absolute Gasteiger partial charge is 0.497 e. The van der Waals surface area contributed by atoms with E-state index in [9.17, 15) is 13.2 Å². The molecule has 0 aromatic heterocycles. The summed E-state index contributed by atoms with van der Waals surface area (Å²) in [5.41, 5.74) is 0.871. The van der Waals surface area contributed by atoms with Crippen molar-refractivity contribution < 1.29 is 22.7 Å². The number of ether oxygens (including phenoxy) is 2. The van der Waals surface area contributed by atoms with Gasteiger partial charge in [0.1, 0.15) is 5.75 Å². The fraction of sp³-hybridized carbons (Fsp3) is 0.316. The summed E-state index contributed by atoms with van der Waals surface area (Å²) in [5, 5.41) is 0. The molecule has 1 amide bonds. The Labute approximate surface area is 159 Å². The van der Waals surface area contributed by atoms with Gasteiger partial charge in [-0.3, -0.25) is 9.10 Å². The highest BCUT2D eigenvalue weighted by Gasteiger charge is 2.23. The molecule has 0 radical (unpaired) electrons. The molecule has 0 atom stereocenters. The van der Waals surface area contributed by atoms with E-state index in [2.05, 4.69) is 0 Å². The second kappa shape index (κ2) is 7.98. The maximum Gasteiger partial charge on any atom is 0.264 e. The van der Waals surface area contributed by atoms with Crippen molar-refractivity contribution in [1.82, 2.24) is 4.90 Å². The lowest BCUT2D eigenvalue weighted by atomic mass is 10.1. The molecule has 7 nitrogen and oxygen atoms in total. The molecule has 144 valence electrons. The Morgan fingerprint density at radius 2 is 1.78 bits per heavy atom. The number of carbonyl (C=O) groups is 1. The Balaban J connectivity index is 1.85. The summed E-state index contributed by atoms with van der Waals surface area (Å²) in [6.07, 6.45) is 0. The van der Waals surface area contributed by atoms with E-state index in [1.807, 2.05) is 0 Å². The van der Waals surface area contributed by atoms with E-state index in [4.69, 9.17) is 9.47 Å². The Morgan fingerprint density at radius 3 is 2.41 bits per heavy atom. The third-order valence-electron chi connectivity index (χ3n) is 4.47. The van der Waals surface area contributed by atoms with Gasteiger partial charge in [-0.05, 0) is 42.5 Å². The van der Waals surface area contributed by atoms with Gasteiger partial charge in [-0.25, -0.2) is 8.42 Å². The summed E-state index contributed by atoms with van der Waals surface area (Å²) in [6, 6.07) is 12.8. The smallest absolute Gasteiger partial charge is 0.264 e. The summed E-state index contributed by atoms with van der Waals surface area (Å²) in [7, 11) is -0.761. The Bertz CT molecular complexity index is 906. The van der Waals surface area contributed by atoms with E-state index in [0.717, 1.165) is 0 Å². The van der Waals surface area contributed by atoms with Gasteiger partial charge in [0.2, 0.25) is 0 Å². The van der Waals surface area contributed by atoms with E-state index in [1.165, 1.54) is 30.6 Å². The first kappa shape index (κ1) is 19.2. The first-order valence-corrected chi connectivity index (χ1v) is 9.97. The van der Waals surface area contributed by atoms with Crippen LogP contribution in [0.2, 0.25) is 0 Å². The predicted molar refractivity (Wildman–Crippen MR) is 102 cm³/mol. The quantitative estimate of drug-likeness (QED) is 0.780. The maximum absolute atomic E-state index is 12.9. The lowest BCUT2D eigenvalue weighted by Gasteiger charge is -2.27. The van der Waals surface area contributed by atoms with Crippen molar-refractivity contribution in [2.24, 2.45) is 0 Å². The van der Waals surface area contributed by atoms with Crippen molar-refractivity contribution in [2.45, 2.75) is 4.90 Å². The monoisotopic (exact) mass is 390 g/mol. The molecule has 1 heterocycles. The molecule has 2 aromatic carbocycles. The van der Waals surface area contributed by atoms with Gasteiger partial charge >= 0.3 is 0 Å². The third kappa shape index (κ3) is 4.06. The minimum atomic E-state index is -3.75. The van der Waals surface area contributed by atoms with Crippen LogP contribution in [0.25, 0.3) is 0 Å². The van der Waals surface area contributed by atoms with E-state index < -0.39 is 10.0 Å². The van der Waals surface area contributed by atoms with E-state index >= 15 is 0 Å². The summed E-state index contributed by atoms with van der Waals surface area (Å²) in [4.78, 5) is 14.5. The number of morpholine rings is 1. The van der Waals surface area contributed by atoms with Crippen LogP contribution in [0.1, 0.15) is 10.4 Å². The number of carbonyl (C=O) groups excluding carboxylic acids is 1. The van der Waals surface area contributed by atoms with Gasteiger partial charge in [0, 0.05) is 25.7 Å². The first-order valence-electron chi connectivity index (χ1n) is 8.53. The molecule has 0 saturated carbocycles. The SMILES string of the molecule is COc1ccc(S(=O)(=O)N(C)c2cccc(C(=O)N3CCOCC3)c2)cc1. The highest BCUT2D eigenvalue weighted by Crippen LogP contribution is 2.25. The molecule has 0 aliphatic carbocycles. The number of hydrogen-bond donors (Lipinski definition) is 0. The van der Waals surface area contributed by atoms with Crippen molar-refractivity contribution in [3.63, 3.8) is 0 Å². The zero-order valence-corrected chi connectivity index (χ0v) is 16.1. The first-order chi connectivity index (χ1) is 12.9. The topological polar surface area (TPSA) is 76.2 Å². The highest BCUT2D eigenvalue weighted by molar-refractivity contribution is 7.92. The fourth-order valence-corrected chi connectivity index (χ4v) is 4.02. The molecule has 1 saturated heterocycles. The van der Waals surface area contributed by atoms with Crippen molar-refractivity contribution in [2.75, 3.05) is 44.8 Å². The van der Waals surface area contributed by atoms with Gasteiger partial charge in [-0.15, -0.1) is 0 Å². The van der Waals surface area contributed by atoms with Gasteiger partial charge in [0.05, 0.1) is 30.9 Å². The summed E-state index contributed by atoms with van der Waals surface area (Å²) in [6.45, 7) is 2.08. The molecule has 0 bridgehead atoms. The maximum atomic E-state index is 12.9. The lowest BCUT2D eigenvalue weighted by molar-refractivity contribution is 0.0303. The average Bonchev–Trinajstić information content (AvgIpc) is 2.73. The number of hydrogen-bond acceptors (Lipinski definition) is 5. The van der Waals surface area contributed by atoms with Crippen LogP contribution in [0.5, 0.6) is 5.75 Å². The van der Waals surface area contributed by atoms with Crippen LogP contribution < -0.4 is 9.04 Å². The van der Waals surface area contributed by atoms with Crippen molar-refractivity contribution in [3.05, 3.63) is 54.1 Å². The standard InChI is InChI=1S/C19H22N2O5S/c1-20(27(23,24)18-8-6-17(25-2)7-9-18)16-5-3-4-15(14-16)19(22)21-10-12-26-13-11-21/h3-9,14H,10-13H2,1-2H3. The zero-order valence-electron chi connectivity index (χ0n) is 15.3. The lowest BCUT2D eigenvalue weighted by Crippen LogP contribution is -2.40. The summed E-state index contributed by atoms with van der Waals surface area (Å²) in [5.74, 6) is 0.449. The Kier molecular flexibility index (Phi) is 5.67. The molecular formula is C19H22N2O5S. The van der Waals surface area contributed by atoms with Crippen LogP contribution in [0, 0.1) is 0 Å². The number of amides is 1. The van der Waals surface area contributed by atoms with Gasteiger partial charge in [-0.1, -0.05) is 6.07 Å². The summed E-state index contributed by atoms with van der Waals surface area (Å²) < 4.78 is 37.3. The highest BCUT2D eigenvalue weighted by atomic mass is 32.2.